The maximum Gasteiger partial charge on any atom is 0.327 e. The van der Waals surface area contributed by atoms with Crippen molar-refractivity contribution >= 4 is 11.9 Å². The van der Waals surface area contributed by atoms with E-state index < -0.39 is 17.4 Å². The average Bonchev–Trinajstić information content (AvgIpc) is 3.38. The summed E-state index contributed by atoms with van der Waals surface area (Å²) in [5.74, 6) is -0.783. The predicted molar refractivity (Wildman–Crippen MR) is 120 cm³/mol. The molecule has 0 aromatic heterocycles. The minimum atomic E-state index is -0.647. The van der Waals surface area contributed by atoms with Gasteiger partial charge in [-0.2, -0.15) is 0 Å². The first-order chi connectivity index (χ1) is 14.1. The quantitative estimate of drug-likeness (QED) is 0.163. The first-order valence-corrected chi connectivity index (χ1v) is 11.1. The van der Waals surface area contributed by atoms with Crippen molar-refractivity contribution in [3.05, 3.63) is 48.6 Å². The maximum absolute atomic E-state index is 12.2. The van der Waals surface area contributed by atoms with Crippen LogP contribution in [0, 0.1) is 11.3 Å². The van der Waals surface area contributed by atoms with E-state index in [0.717, 1.165) is 38.5 Å². The number of carbonyl (C=O) groups is 2. The molecule has 0 aromatic carbocycles. The molecule has 0 amide bonds. The standard InChI is InChI=1S/C25H39NO3/c1-3-4-5-6-7-8-9-10-11-12-13-14-15-16-17-18-19-25(20-22(25)2)24(28)29-23(27)21-26/h7-8,10-11,13-14,16-17,22H,3-6,9,12,15,18-21,26H2,1-2H3. The van der Waals surface area contributed by atoms with E-state index in [1.807, 2.05) is 6.92 Å². The van der Waals surface area contributed by atoms with E-state index in [9.17, 15) is 9.59 Å². The highest BCUT2D eigenvalue weighted by atomic mass is 16.6. The van der Waals surface area contributed by atoms with Crippen molar-refractivity contribution in [3.8, 4) is 0 Å². The third-order valence-electron chi connectivity index (χ3n) is 5.45. The van der Waals surface area contributed by atoms with Crippen LogP contribution in [0.3, 0.4) is 0 Å². The minimum Gasteiger partial charge on any atom is -0.392 e. The lowest BCUT2D eigenvalue weighted by Crippen LogP contribution is -2.27. The highest BCUT2D eigenvalue weighted by Crippen LogP contribution is 2.56. The average molecular weight is 402 g/mol. The van der Waals surface area contributed by atoms with E-state index in [1.165, 1.54) is 25.7 Å². The predicted octanol–water partition coefficient (Wildman–Crippen LogP) is 5.80. The van der Waals surface area contributed by atoms with E-state index >= 15 is 0 Å². The van der Waals surface area contributed by atoms with Crippen LogP contribution in [0.25, 0.3) is 0 Å². The van der Waals surface area contributed by atoms with Gasteiger partial charge in [0.1, 0.15) is 0 Å². The molecule has 1 fully saturated rings. The fourth-order valence-corrected chi connectivity index (χ4v) is 3.37. The Balaban J connectivity index is 2.12. The van der Waals surface area contributed by atoms with Gasteiger partial charge in [-0.1, -0.05) is 75.3 Å². The molecule has 0 heterocycles. The van der Waals surface area contributed by atoms with Gasteiger partial charge in [0.05, 0.1) is 12.0 Å². The molecule has 4 nitrogen and oxygen atoms in total. The third-order valence-corrected chi connectivity index (χ3v) is 5.45. The Kier molecular flexibility index (Phi) is 13.0. The molecule has 0 aliphatic heterocycles. The molecule has 4 heteroatoms. The second-order valence-corrected chi connectivity index (χ2v) is 7.85. The van der Waals surface area contributed by atoms with Crippen LogP contribution in [0.15, 0.2) is 48.6 Å². The lowest BCUT2D eigenvalue weighted by atomic mass is 9.97. The summed E-state index contributed by atoms with van der Waals surface area (Å²) in [5, 5.41) is 0. The van der Waals surface area contributed by atoms with Crippen molar-refractivity contribution in [2.45, 2.75) is 78.1 Å². The number of allylic oxidation sites excluding steroid dienone is 8. The van der Waals surface area contributed by atoms with Crippen LogP contribution < -0.4 is 5.73 Å². The summed E-state index contributed by atoms with van der Waals surface area (Å²) in [4.78, 5) is 23.4. The van der Waals surface area contributed by atoms with E-state index in [0.29, 0.717) is 0 Å². The zero-order valence-corrected chi connectivity index (χ0v) is 18.3. The number of esters is 2. The van der Waals surface area contributed by atoms with Crippen LogP contribution in [0.5, 0.6) is 0 Å². The first kappa shape index (κ1) is 25.1. The molecule has 2 atom stereocenters. The Labute approximate surface area is 177 Å². The molecule has 0 saturated heterocycles. The number of carbonyl (C=O) groups excluding carboxylic acids is 2. The Hall–Kier alpha value is -1.94. The second-order valence-electron chi connectivity index (χ2n) is 7.85. The molecule has 1 aliphatic carbocycles. The molecule has 0 aromatic rings. The largest absolute Gasteiger partial charge is 0.392 e. The van der Waals surface area contributed by atoms with Gasteiger partial charge in [0, 0.05) is 0 Å². The van der Waals surface area contributed by atoms with Crippen molar-refractivity contribution in [2.24, 2.45) is 17.1 Å². The monoisotopic (exact) mass is 401 g/mol. The SMILES string of the molecule is CCCCCC=CCC=CCC=CCC=CCCC1(C(=O)OC(=O)CN)CC1C. The fourth-order valence-electron chi connectivity index (χ4n) is 3.37. The summed E-state index contributed by atoms with van der Waals surface area (Å²) in [7, 11) is 0. The van der Waals surface area contributed by atoms with Crippen LogP contribution in [-0.2, 0) is 14.3 Å². The lowest BCUT2D eigenvalue weighted by Gasteiger charge is -2.13. The molecule has 29 heavy (non-hydrogen) atoms. The van der Waals surface area contributed by atoms with Crippen molar-refractivity contribution in [2.75, 3.05) is 6.54 Å². The summed E-state index contributed by atoms with van der Waals surface area (Å²) in [6.45, 7) is 4.00. The lowest BCUT2D eigenvalue weighted by molar-refractivity contribution is -0.163. The number of unbranched alkanes of at least 4 members (excludes halogenated alkanes) is 3. The Morgan fingerprint density at radius 2 is 1.45 bits per heavy atom. The Morgan fingerprint density at radius 3 is 1.93 bits per heavy atom. The number of hydrogen-bond acceptors (Lipinski definition) is 4. The topological polar surface area (TPSA) is 69.4 Å². The highest BCUT2D eigenvalue weighted by Gasteiger charge is 2.58. The van der Waals surface area contributed by atoms with Crippen LogP contribution in [0.4, 0.5) is 0 Å². The van der Waals surface area contributed by atoms with E-state index in [4.69, 9.17) is 10.5 Å². The zero-order valence-electron chi connectivity index (χ0n) is 18.3. The number of hydrogen-bond donors (Lipinski definition) is 1. The zero-order chi connectivity index (χ0) is 21.4. The van der Waals surface area contributed by atoms with Gasteiger partial charge in [-0.15, -0.1) is 0 Å². The first-order valence-electron chi connectivity index (χ1n) is 11.1. The fraction of sp³-hybridized carbons (Fsp3) is 0.600. The van der Waals surface area contributed by atoms with E-state index in [2.05, 4.69) is 55.5 Å². The number of rotatable bonds is 15. The molecule has 162 valence electrons. The van der Waals surface area contributed by atoms with Crippen molar-refractivity contribution in [1.82, 2.24) is 0 Å². The van der Waals surface area contributed by atoms with Crippen molar-refractivity contribution in [1.29, 1.82) is 0 Å². The summed E-state index contributed by atoms with van der Waals surface area (Å²) < 4.78 is 4.83. The van der Waals surface area contributed by atoms with Crippen LogP contribution in [-0.4, -0.2) is 18.5 Å². The van der Waals surface area contributed by atoms with Gasteiger partial charge >= 0.3 is 11.9 Å². The summed E-state index contributed by atoms with van der Waals surface area (Å²) in [6.07, 6.45) is 27.8. The van der Waals surface area contributed by atoms with Crippen molar-refractivity contribution in [3.63, 3.8) is 0 Å². The Bertz CT molecular complexity index is 603. The maximum atomic E-state index is 12.2. The molecule has 0 bridgehead atoms. The van der Waals surface area contributed by atoms with Gasteiger partial charge in [-0.3, -0.25) is 9.59 Å². The van der Waals surface area contributed by atoms with Crippen molar-refractivity contribution < 1.29 is 14.3 Å². The third kappa shape index (κ3) is 10.4. The van der Waals surface area contributed by atoms with E-state index in [-0.39, 0.29) is 12.5 Å². The molecule has 2 unspecified atom stereocenters. The molecule has 0 spiro atoms. The molecular formula is C25H39NO3. The van der Waals surface area contributed by atoms with Gasteiger partial charge in [0.15, 0.2) is 0 Å². The van der Waals surface area contributed by atoms with Gasteiger partial charge < -0.3 is 10.5 Å². The second kappa shape index (κ2) is 15.0. The normalized spacial score (nSPS) is 21.7. The molecule has 1 saturated carbocycles. The minimum absolute atomic E-state index is 0.257. The number of nitrogens with two attached hydrogens (primary N) is 1. The van der Waals surface area contributed by atoms with Gasteiger partial charge in [0.25, 0.3) is 0 Å². The Morgan fingerprint density at radius 1 is 0.931 bits per heavy atom. The van der Waals surface area contributed by atoms with Crippen LogP contribution >= 0.6 is 0 Å². The van der Waals surface area contributed by atoms with Crippen LogP contribution in [0.1, 0.15) is 78.1 Å². The molecule has 1 aliphatic rings. The van der Waals surface area contributed by atoms with E-state index in [1.54, 1.807) is 0 Å². The molecule has 0 radical (unpaired) electrons. The summed E-state index contributed by atoms with van der Waals surface area (Å²) in [6, 6.07) is 0. The van der Waals surface area contributed by atoms with Gasteiger partial charge in [-0.05, 0) is 57.3 Å². The van der Waals surface area contributed by atoms with Gasteiger partial charge in [0.2, 0.25) is 0 Å². The summed E-state index contributed by atoms with van der Waals surface area (Å²) in [5.41, 5.74) is 4.72. The molecule has 1 rings (SSSR count). The number of ether oxygens (including phenoxy) is 1. The highest BCUT2D eigenvalue weighted by molar-refractivity contribution is 5.91. The van der Waals surface area contributed by atoms with Gasteiger partial charge in [-0.25, -0.2) is 0 Å². The molecular weight excluding hydrogens is 362 g/mol. The smallest absolute Gasteiger partial charge is 0.327 e. The molecule has 2 N–H and O–H groups in total. The van der Waals surface area contributed by atoms with Crippen LogP contribution in [0.2, 0.25) is 0 Å². The summed E-state index contributed by atoms with van der Waals surface area (Å²) >= 11 is 0.